The summed E-state index contributed by atoms with van der Waals surface area (Å²) in [5.74, 6) is 0.850. The van der Waals surface area contributed by atoms with E-state index in [0.29, 0.717) is 0 Å². The van der Waals surface area contributed by atoms with Crippen LogP contribution in [0.2, 0.25) is 0 Å². The second kappa shape index (κ2) is 5.50. The van der Waals surface area contributed by atoms with Crippen LogP contribution >= 0.6 is 0 Å². The Morgan fingerprint density at radius 3 is 2.50 bits per heavy atom. The molecule has 0 aliphatic carbocycles. The number of ether oxygens (including phenoxy) is 2. The van der Waals surface area contributed by atoms with Gasteiger partial charge in [0.1, 0.15) is 5.75 Å². The first-order chi connectivity index (χ1) is 11.5. The molecule has 24 heavy (non-hydrogen) atoms. The Balaban J connectivity index is 1.69. The third-order valence-corrected chi connectivity index (χ3v) is 5.88. The van der Waals surface area contributed by atoms with Crippen molar-refractivity contribution in [3.05, 3.63) is 59.7 Å². The van der Waals surface area contributed by atoms with Gasteiger partial charge in [0.05, 0.1) is 25.2 Å². The van der Waals surface area contributed by atoms with E-state index in [4.69, 9.17) is 9.47 Å². The summed E-state index contributed by atoms with van der Waals surface area (Å²) < 4.78 is 37.4. The van der Waals surface area contributed by atoms with Gasteiger partial charge in [0, 0.05) is 5.92 Å². The molecule has 0 aromatic heterocycles. The summed E-state index contributed by atoms with van der Waals surface area (Å²) in [5, 5.41) is 0. The van der Waals surface area contributed by atoms with Crippen LogP contribution < -0.4 is 9.04 Å². The van der Waals surface area contributed by atoms with E-state index in [1.807, 2.05) is 48.5 Å². The summed E-state index contributed by atoms with van der Waals surface area (Å²) in [5.41, 5.74) is 2.82. The molecule has 1 fully saturated rings. The number of hydrogen-bond donors (Lipinski definition) is 0. The van der Waals surface area contributed by atoms with Crippen LogP contribution in [0, 0.1) is 0 Å². The summed E-state index contributed by atoms with van der Waals surface area (Å²) in [6, 6.07) is 15.4. The summed E-state index contributed by atoms with van der Waals surface area (Å²) in [6.45, 7) is 0. The van der Waals surface area contributed by atoms with E-state index in [9.17, 15) is 8.42 Å². The lowest BCUT2D eigenvalue weighted by molar-refractivity contribution is 0.0511. The summed E-state index contributed by atoms with van der Waals surface area (Å²) in [6.07, 6.45) is 1.41. The van der Waals surface area contributed by atoms with Gasteiger partial charge in [-0.05, 0) is 35.7 Å². The van der Waals surface area contributed by atoms with Crippen molar-refractivity contribution in [3.63, 3.8) is 0 Å². The lowest BCUT2D eigenvalue weighted by atomic mass is 9.94. The van der Waals surface area contributed by atoms with E-state index in [2.05, 4.69) is 0 Å². The van der Waals surface area contributed by atoms with Crippen molar-refractivity contribution in [2.24, 2.45) is 0 Å². The maximum absolute atomic E-state index is 12.3. The number of para-hydroxylation sites is 1. The highest BCUT2D eigenvalue weighted by atomic mass is 32.2. The molecule has 2 aromatic carbocycles. The SMILES string of the molecule is COc1ccc([C@H]2C[C@@H]3c4ccccc4N(S(C)(=O)=O)[C@@H]3O2)cc1. The minimum Gasteiger partial charge on any atom is -0.497 e. The zero-order valence-electron chi connectivity index (χ0n) is 13.5. The van der Waals surface area contributed by atoms with Crippen LogP contribution in [0.3, 0.4) is 0 Å². The molecule has 0 spiro atoms. The molecule has 0 radical (unpaired) electrons. The molecule has 2 aliphatic rings. The number of sulfonamides is 1. The number of methoxy groups -OCH3 is 1. The van der Waals surface area contributed by atoms with E-state index < -0.39 is 16.3 Å². The molecule has 4 rings (SSSR count). The van der Waals surface area contributed by atoms with Crippen LogP contribution in [0.4, 0.5) is 5.69 Å². The highest BCUT2D eigenvalue weighted by Crippen LogP contribution is 2.53. The minimum atomic E-state index is -3.40. The smallest absolute Gasteiger partial charge is 0.234 e. The maximum atomic E-state index is 12.3. The van der Waals surface area contributed by atoms with E-state index in [0.717, 1.165) is 29.0 Å². The molecule has 6 heteroatoms. The molecule has 0 unspecified atom stereocenters. The third kappa shape index (κ3) is 2.37. The highest BCUT2D eigenvalue weighted by Gasteiger charge is 2.49. The Bertz CT molecular complexity index is 863. The normalized spacial score (nSPS) is 25.4. The van der Waals surface area contributed by atoms with Gasteiger partial charge in [0.2, 0.25) is 10.0 Å². The Morgan fingerprint density at radius 1 is 1.12 bits per heavy atom. The Labute approximate surface area is 141 Å². The van der Waals surface area contributed by atoms with Crippen LogP contribution in [0.25, 0.3) is 0 Å². The number of fused-ring (bicyclic) bond motifs is 3. The fourth-order valence-corrected chi connectivity index (χ4v) is 4.80. The van der Waals surface area contributed by atoms with E-state index in [-0.39, 0.29) is 12.0 Å². The molecular formula is C18H19NO4S. The first kappa shape index (κ1) is 15.5. The zero-order chi connectivity index (χ0) is 16.9. The van der Waals surface area contributed by atoms with Gasteiger partial charge in [0.25, 0.3) is 0 Å². The fraction of sp³-hybridized carbons (Fsp3) is 0.333. The predicted molar refractivity (Wildman–Crippen MR) is 91.7 cm³/mol. The van der Waals surface area contributed by atoms with Crippen molar-refractivity contribution in [1.29, 1.82) is 0 Å². The van der Waals surface area contributed by atoms with Crippen molar-refractivity contribution in [2.75, 3.05) is 17.7 Å². The van der Waals surface area contributed by atoms with Gasteiger partial charge in [-0.3, -0.25) is 0 Å². The monoisotopic (exact) mass is 345 g/mol. The quantitative estimate of drug-likeness (QED) is 0.858. The molecular weight excluding hydrogens is 326 g/mol. The second-order valence-electron chi connectivity index (χ2n) is 6.25. The van der Waals surface area contributed by atoms with Gasteiger partial charge < -0.3 is 9.47 Å². The van der Waals surface area contributed by atoms with Crippen LogP contribution in [-0.4, -0.2) is 28.0 Å². The molecule has 126 valence electrons. The fourth-order valence-electron chi connectivity index (χ4n) is 3.70. The van der Waals surface area contributed by atoms with Gasteiger partial charge in [-0.15, -0.1) is 0 Å². The summed E-state index contributed by atoms with van der Waals surface area (Å²) in [4.78, 5) is 0. The number of hydrogen-bond acceptors (Lipinski definition) is 4. The first-order valence-electron chi connectivity index (χ1n) is 7.87. The third-order valence-electron chi connectivity index (χ3n) is 4.77. The van der Waals surface area contributed by atoms with Crippen LogP contribution in [0.5, 0.6) is 5.75 Å². The molecule has 0 N–H and O–H groups in total. The standard InChI is InChI=1S/C18H19NO4S/c1-22-13-9-7-12(8-10-13)17-11-15-14-5-3-4-6-16(14)19(18(15)23-17)24(2,20)21/h3-10,15,17-18H,11H2,1-2H3/t15-,17-,18-/m1/s1. The lowest BCUT2D eigenvalue weighted by Gasteiger charge is -2.25. The predicted octanol–water partition coefficient (Wildman–Crippen LogP) is 3.05. The molecule has 5 nitrogen and oxygen atoms in total. The van der Waals surface area contributed by atoms with Gasteiger partial charge in [-0.2, -0.15) is 0 Å². The number of benzene rings is 2. The van der Waals surface area contributed by atoms with Crippen molar-refractivity contribution in [3.8, 4) is 5.75 Å². The van der Waals surface area contributed by atoms with E-state index >= 15 is 0 Å². The average molecular weight is 345 g/mol. The van der Waals surface area contributed by atoms with Gasteiger partial charge in [-0.1, -0.05) is 30.3 Å². The van der Waals surface area contributed by atoms with E-state index in [1.54, 1.807) is 7.11 Å². The van der Waals surface area contributed by atoms with Crippen molar-refractivity contribution < 1.29 is 17.9 Å². The average Bonchev–Trinajstić information content (AvgIpc) is 3.11. The van der Waals surface area contributed by atoms with Crippen molar-refractivity contribution >= 4 is 15.7 Å². The Kier molecular flexibility index (Phi) is 3.54. The molecule has 3 atom stereocenters. The molecule has 1 saturated heterocycles. The Hall–Kier alpha value is -2.05. The van der Waals surface area contributed by atoms with E-state index in [1.165, 1.54) is 10.6 Å². The second-order valence-corrected chi connectivity index (χ2v) is 8.11. The van der Waals surface area contributed by atoms with Gasteiger partial charge in [0.15, 0.2) is 6.23 Å². The summed E-state index contributed by atoms with van der Waals surface area (Å²) >= 11 is 0. The highest BCUT2D eigenvalue weighted by molar-refractivity contribution is 7.92. The zero-order valence-corrected chi connectivity index (χ0v) is 14.4. The molecule has 2 heterocycles. The molecule has 2 aromatic rings. The topological polar surface area (TPSA) is 55.8 Å². The van der Waals surface area contributed by atoms with Crippen LogP contribution in [-0.2, 0) is 14.8 Å². The molecule has 0 bridgehead atoms. The van der Waals surface area contributed by atoms with Gasteiger partial charge in [-0.25, -0.2) is 12.7 Å². The number of anilines is 1. The molecule has 0 saturated carbocycles. The first-order valence-corrected chi connectivity index (χ1v) is 9.71. The molecule has 0 amide bonds. The molecule has 2 aliphatic heterocycles. The van der Waals surface area contributed by atoms with Crippen LogP contribution in [0.1, 0.15) is 29.6 Å². The van der Waals surface area contributed by atoms with Crippen molar-refractivity contribution in [1.82, 2.24) is 0 Å². The maximum Gasteiger partial charge on any atom is 0.234 e. The lowest BCUT2D eigenvalue weighted by Crippen LogP contribution is -2.37. The largest absolute Gasteiger partial charge is 0.497 e. The Morgan fingerprint density at radius 2 is 1.83 bits per heavy atom. The van der Waals surface area contributed by atoms with Gasteiger partial charge >= 0.3 is 0 Å². The van der Waals surface area contributed by atoms with Crippen LogP contribution in [0.15, 0.2) is 48.5 Å². The minimum absolute atomic E-state index is 0.0584. The number of rotatable bonds is 3. The van der Waals surface area contributed by atoms with Crippen molar-refractivity contribution in [2.45, 2.75) is 24.7 Å². The number of nitrogens with zero attached hydrogens (tertiary/aromatic N) is 1. The summed E-state index contributed by atoms with van der Waals surface area (Å²) in [7, 11) is -1.77.